The summed E-state index contributed by atoms with van der Waals surface area (Å²) in [6.45, 7) is 2.19. The molecule has 1 aromatic heterocycles. The molecular weight excluding hydrogens is 174 g/mol. The van der Waals surface area contributed by atoms with Crippen molar-refractivity contribution in [3.63, 3.8) is 0 Å². The Morgan fingerprint density at radius 3 is 2.93 bits per heavy atom. The molecule has 1 aliphatic carbocycles. The smallest absolute Gasteiger partial charge is 0.0642 e. The predicted octanol–water partition coefficient (Wildman–Crippen LogP) is 1.45. The summed E-state index contributed by atoms with van der Waals surface area (Å²) in [5.74, 6) is 0.797. The number of likely N-dealkylation sites (N-methyl/N-ethyl adjacent to an activating group) is 1. The number of nitrogens with one attached hydrogen (secondary N) is 1. The van der Waals surface area contributed by atoms with Crippen LogP contribution < -0.4 is 5.32 Å². The molecule has 0 aliphatic heterocycles. The third-order valence-electron chi connectivity index (χ3n) is 2.97. The summed E-state index contributed by atoms with van der Waals surface area (Å²) >= 11 is 0. The van der Waals surface area contributed by atoms with Crippen LogP contribution in [0.25, 0.3) is 0 Å². The van der Waals surface area contributed by atoms with Crippen molar-refractivity contribution in [3.05, 3.63) is 17.5 Å². The van der Waals surface area contributed by atoms with Crippen LogP contribution in [-0.2, 0) is 13.5 Å². The summed E-state index contributed by atoms with van der Waals surface area (Å²) in [5, 5.41) is 7.77. The van der Waals surface area contributed by atoms with Gasteiger partial charge in [0, 0.05) is 31.1 Å². The van der Waals surface area contributed by atoms with Gasteiger partial charge in [0.15, 0.2) is 0 Å². The van der Waals surface area contributed by atoms with Crippen molar-refractivity contribution in [2.75, 3.05) is 7.05 Å². The summed E-state index contributed by atoms with van der Waals surface area (Å²) < 4.78 is 2.05. The third-order valence-corrected chi connectivity index (χ3v) is 2.97. The molecule has 1 aliphatic rings. The highest BCUT2D eigenvalue weighted by molar-refractivity contribution is 5.19. The van der Waals surface area contributed by atoms with E-state index in [1.165, 1.54) is 24.2 Å². The SMILES string of the molecule is CNC(C)Cc1cc(C2CC2)n(C)n1. The van der Waals surface area contributed by atoms with E-state index < -0.39 is 0 Å². The van der Waals surface area contributed by atoms with Crippen LogP contribution in [-0.4, -0.2) is 22.9 Å². The molecule has 0 radical (unpaired) electrons. The molecule has 1 N–H and O–H groups in total. The normalized spacial score (nSPS) is 18.5. The minimum Gasteiger partial charge on any atom is -0.317 e. The lowest BCUT2D eigenvalue weighted by Gasteiger charge is -2.06. The minimum absolute atomic E-state index is 0.511. The highest BCUT2D eigenvalue weighted by Gasteiger charge is 2.27. The second kappa shape index (κ2) is 3.73. The van der Waals surface area contributed by atoms with Gasteiger partial charge in [-0.15, -0.1) is 0 Å². The number of aromatic nitrogens is 2. The van der Waals surface area contributed by atoms with Crippen LogP contribution in [0.15, 0.2) is 6.07 Å². The van der Waals surface area contributed by atoms with Gasteiger partial charge in [-0.25, -0.2) is 0 Å². The van der Waals surface area contributed by atoms with Crippen LogP contribution in [0, 0.1) is 0 Å². The molecule has 3 heteroatoms. The van der Waals surface area contributed by atoms with Crippen LogP contribution in [0.5, 0.6) is 0 Å². The van der Waals surface area contributed by atoms with Gasteiger partial charge >= 0.3 is 0 Å². The molecule has 0 aromatic carbocycles. The minimum atomic E-state index is 0.511. The first-order valence-corrected chi connectivity index (χ1v) is 5.40. The van der Waals surface area contributed by atoms with E-state index in [0.717, 1.165) is 12.3 Å². The first-order chi connectivity index (χ1) is 6.70. The monoisotopic (exact) mass is 193 g/mol. The Labute approximate surface area is 85.5 Å². The fourth-order valence-electron chi connectivity index (χ4n) is 1.82. The maximum Gasteiger partial charge on any atom is 0.0642 e. The topological polar surface area (TPSA) is 29.9 Å². The van der Waals surface area contributed by atoms with Crippen LogP contribution in [0.4, 0.5) is 0 Å². The van der Waals surface area contributed by atoms with Gasteiger partial charge in [-0.1, -0.05) is 0 Å². The average Bonchev–Trinajstić information content (AvgIpc) is 2.92. The zero-order valence-electron chi connectivity index (χ0n) is 9.25. The van der Waals surface area contributed by atoms with E-state index in [4.69, 9.17) is 0 Å². The van der Waals surface area contributed by atoms with Crippen molar-refractivity contribution >= 4 is 0 Å². The zero-order chi connectivity index (χ0) is 10.1. The van der Waals surface area contributed by atoms with Crippen molar-refractivity contribution in [1.82, 2.24) is 15.1 Å². The lowest BCUT2D eigenvalue weighted by atomic mass is 10.1. The van der Waals surface area contributed by atoms with E-state index in [1.807, 2.05) is 7.05 Å². The molecule has 0 amide bonds. The van der Waals surface area contributed by atoms with Gasteiger partial charge in [0.2, 0.25) is 0 Å². The summed E-state index contributed by atoms with van der Waals surface area (Å²) in [6, 6.07) is 2.78. The number of aryl methyl sites for hydroxylation is 1. The van der Waals surface area contributed by atoms with E-state index in [0.29, 0.717) is 6.04 Å². The Morgan fingerprint density at radius 1 is 1.64 bits per heavy atom. The second-order valence-corrected chi connectivity index (χ2v) is 4.35. The fraction of sp³-hybridized carbons (Fsp3) is 0.727. The van der Waals surface area contributed by atoms with Gasteiger partial charge < -0.3 is 5.32 Å². The number of hydrogen-bond acceptors (Lipinski definition) is 2. The van der Waals surface area contributed by atoms with E-state index in [2.05, 4.69) is 35.1 Å². The first-order valence-electron chi connectivity index (χ1n) is 5.40. The summed E-state index contributed by atoms with van der Waals surface area (Å²) in [7, 11) is 4.05. The quantitative estimate of drug-likeness (QED) is 0.784. The number of rotatable bonds is 4. The molecule has 1 fully saturated rings. The second-order valence-electron chi connectivity index (χ2n) is 4.35. The molecule has 2 rings (SSSR count). The van der Waals surface area contributed by atoms with Gasteiger partial charge in [0.1, 0.15) is 0 Å². The van der Waals surface area contributed by atoms with Crippen LogP contribution in [0.3, 0.4) is 0 Å². The Kier molecular flexibility index (Phi) is 2.59. The van der Waals surface area contributed by atoms with Crippen LogP contribution >= 0.6 is 0 Å². The maximum atomic E-state index is 4.54. The molecule has 3 nitrogen and oxygen atoms in total. The van der Waals surface area contributed by atoms with Crippen LogP contribution in [0.2, 0.25) is 0 Å². The van der Waals surface area contributed by atoms with Gasteiger partial charge in [-0.3, -0.25) is 4.68 Å². The van der Waals surface area contributed by atoms with Crippen LogP contribution in [0.1, 0.15) is 37.1 Å². The lowest BCUT2D eigenvalue weighted by Crippen LogP contribution is -2.23. The molecule has 78 valence electrons. The van der Waals surface area contributed by atoms with E-state index in [-0.39, 0.29) is 0 Å². The van der Waals surface area contributed by atoms with E-state index in [9.17, 15) is 0 Å². The van der Waals surface area contributed by atoms with Crippen molar-refractivity contribution in [2.24, 2.45) is 7.05 Å². The Hall–Kier alpha value is -0.830. The zero-order valence-corrected chi connectivity index (χ0v) is 9.25. The van der Waals surface area contributed by atoms with Crippen molar-refractivity contribution in [3.8, 4) is 0 Å². The highest BCUT2D eigenvalue weighted by Crippen LogP contribution is 2.39. The number of hydrogen-bond donors (Lipinski definition) is 1. The molecular formula is C11H19N3. The molecule has 0 bridgehead atoms. The fourth-order valence-corrected chi connectivity index (χ4v) is 1.82. The maximum absolute atomic E-state index is 4.54. The first kappa shape index (κ1) is 9.71. The molecule has 14 heavy (non-hydrogen) atoms. The molecule has 1 saturated carbocycles. The Morgan fingerprint density at radius 2 is 2.36 bits per heavy atom. The Bertz CT molecular complexity index is 312. The highest BCUT2D eigenvalue weighted by atomic mass is 15.3. The van der Waals surface area contributed by atoms with Gasteiger partial charge in [0.05, 0.1) is 5.69 Å². The van der Waals surface area contributed by atoms with Gasteiger partial charge in [0.25, 0.3) is 0 Å². The van der Waals surface area contributed by atoms with E-state index >= 15 is 0 Å². The number of nitrogens with zero attached hydrogens (tertiary/aromatic N) is 2. The summed E-state index contributed by atoms with van der Waals surface area (Å²) in [6.07, 6.45) is 3.72. The molecule has 1 unspecified atom stereocenters. The molecule has 1 aromatic rings. The molecule has 1 atom stereocenters. The van der Waals surface area contributed by atoms with E-state index in [1.54, 1.807) is 0 Å². The Balaban J connectivity index is 2.07. The summed E-state index contributed by atoms with van der Waals surface area (Å²) in [5.41, 5.74) is 2.64. The third kappa shape index (κ3) is 1.98. The average molecular weight is 193 g/mol. The standard InChI is InChI=1S/C11H19N3/c1-8(12-2)6-10-7-11(9-4-5-9)14(3)13-10/h7-9,12H,4-6H2,1-3H3. The van der Waals surface area contributed by atoms with Crippen molar-refractivity contribution < 1.29 is 0 Å². The van der Waals surface area contributed by atoms with Gasteiger partial charge in [-0.2, -0.15) is 5.10 Å². The lowest BCUT2D eigenvalue weighted by molar-refractivity contribution is 0.591. The molecule has 0 saturated heterocycles. The van der Waals surface area contributed by atoms with Crippen molar-refractivity contribution in [2.45, 2.75) is 38.1 Å². The predicted molar refractivity (Wildman–Crippen MR) is 57.4 cm³/mol. The molecule has 1 heterocycles. The largest absolute Gasteiger partial charge is 0.317 e. The summed E-state index contributed by atoms with van der Waals surface area (Å²) in [4.78, 5) is 0. The van der Waals surface area contributed by atoms with Gasteiger partial charge in [-0.05, 0) is 32.9 Å². The molecule has 0 spiro atoms. The van der Waals surface area contributed by atoms with Crippen molar-refractivity contribution in [1.29, 1.82) is 0 Å².